The molecule has 0 unspecified atom stereocenters. The Morgan fingerprint density at radius 2 is 1.95 bits per heavy atom. The van der Waals surface area contributed by atoms with E-state index in [4.69, 9.17) is 23.2 Å². The molecule has 0 atom stereocenters. The Morgan fingerprint density at radius 3 is 2.57 bits per heavy atom. The maximum absolute atomic E-state index is 12.4. The summed E-state index contributed by atoms with van der Waals surface area (Å²) in [4.78, 5) is 20.7. The molecule has 1 aliphatic heterocycles. The molecule has 21 heavy (non-hydrogen) atoms. The lowest BCUT2D eigenvalue weighted by Gasteiger charge is -2.34. The minimum absolute atomic E-state index is 0.0225. The van der Waals surface area contributed by atoms with Crippen LogP contribution < -0.4 is 4.90 Å². The van der Waals surface area contributed by atoms with Crippen LogP contribution in [0.15, 0.2) is 30.5 Å². The number of carbonyl (C=O) groups excluding carboxylic acids is 1. The third kappa shape index (κ3) is 3.31. The van der Waals surface area contributed by atoms with Gasteiger partial charge in [0.15, 0.2) is 5.13 Å². The summed E-state index contributed by atoms with van der Waals surface area (Å²) in [5.41, 5.74) is 0.633. The average Bonchev–Trinajstić information content (AvgIpc) is 2.93. The monoisotopic (exact) mass is 341 g/mol. The van der Waals surface area contributed by atoms with E-state index in [1.54, 1.807) is 30.5 Å². The maximum Gasteiger partial charge on any atom is 0.254 e. The normalized spacial score (nSPS) is 15.3. The van der Waals surface area contributed by atoms with Crippen LogP contribution in [0.1, 0.15) is 10.4 Å². The summed E-state index contributed by atoms with van der Waals surface area (Å²) in [6.45, 7) is 2.86. The fourth-order valence-electron chi connectivity index (χ4n) is 2.30. The van der Waals surface area contributed by atoms with E-state index in [1.165, 1.54) is 11.3 Å². The second-order valence-electron chi connectivity index (χ2n) is 4.74. The highest BCUT2D eigenvalue weighted by atomic mass is 35.5. The number of piperazine rings is 1. The highest BCUT2D eigenvalue weighted by molar-refractivity contribution is 7.19. The zero-order valence-corrected chi connectivity index (χ0v) is 13.5. The number of rotatable bonds is 2. The van der Waals surface area contributed by atoms with Crippen LogP contribution in [0.25, 0.3) is 0 Å². The van der Waals surface area contributed by atoms with Crippen LogP contribution in [0.5, 0.6) is 0 Å². The fraction of sp³-hybridized carbons (Fsp3) is 0.286. The van der Waals surface area contributed by atoms with Crippen molar-refractivity contribution in [2.45, 2.75) is 0 Å². The average molecular weight is 342 g/mol. The van der Waals surface area contributed by atoms with Gasteiger partial charge in [0, 0.05) is 36.8 Å². The van der Waals surface area contributed by atoms with E-state index < -0.39 is 0 Å². The summed E-state index contributed by atoms with van der Waals surface area (Å²) in [6, 6.07) is 7.06. The molecule has 4 nitrogen and oxygen atoms in total. The number of amides is 1. The van der Waals surface area contributed by atoms with Gasteiger partial charge in [0.25, 0.3) is 5.91 Å². The predicted molar refractivity (Wildman–Crippen MR) is 86.7 cm³/mol. The number of benzene rings is 1. The molecular formula is C14H13Cl2N3OS. The molecule has 7 heteroatoms. The van der Waals surface area contributed by atoms with Crippen LogP contribution in [-0.4, -0.2) is 42.0 Å². The molecule has 0 bridgehead atoms. The topological polar surface area (TPSA) is 36.4 Å². The molecule has 1 aromatic heterocycles. The Balaban J connectivity index is 1.64. The number of aromatic nitrogens is 1. The van der Waals surface area contributed by atoms with E-state index in [0.29, 0.717) is 28.0 Å². The lowest BCUT2D eigenvalue weighted by atomic mass is 10.2. The van der Waals surface area contributed by atoms with E-state index in [0.717, 1.165) is 18.2 Å². The Labute approximate surface area is 136 Å². The van der Waals surface area contributed by atoms with Crippen molar-refractivity contribution >= 4 is 45.6 Å². The second kappa shape index (κ2) is 6.22. The third-order valence-corrected chi connectivity index (χ3v) is 4.78. The lowest BCUT2D eigenvalue weighted by molar-refractivity contribution is 0.0747. The summed E-state index contributed by atoms with van der Waals surface area (Å²) in [5, 5.41) is 1.49. The van der Waals surface area contributed by atoms with Crippen molar-refractivity contribution in [2.75, 3.05) is 31.1 Å². The first-order chi connectivity index (χ1) is 10.1. The molecule has 2 heterocycles. The van der Waals surface area contributed by atoms with Gasteiger partial charge in [-0.2, -0.15) is 0 Å². The summed E-state index contributed by atoms with van der Waals surface area (Å²) in [5.74, 6) is 0.0225. The first-order valence-electron chi connectivity index (χ1n) is 6.54. The zero-order valence-electron chi connectivity index (χ0n) is 11.1. The number of hydrogen-bond acceptors (Lipinski definition) is 4. The number of hydrogen-bond donors (Lipinski definition) is 0. The molecular weight excluding hydrogens is 329 g/mol. The highest BCUT2D eigenvalue weighted by Crippen LogP contribution is 2.27. The van der Waals surface area contributed by atoms with Crippen molar-refractivity contribution in [3.05, 3.63) is 45.4 Å². The van der Waals surface area contributed by atoms with E-state index in [2.05, 4.69) is 9.88 Å². The molecule has 2 aromatic rings. The van der Waals surface area contributed by atoms with Gasteiger partial charge in [0.05, 0.1) is 6.20 Å². The predicted octanol–water partition coefficient (Wildman–Crippen LogP) is 3.41. The smallest absolute Gasteiger partial charge is 0.254 e. The molecule has 0 radical (unpaired) electrons. The van der Waals surface area contributed by atoms with Crippen LogP contribution in [0.3, 0.4) is 0 Å². The number of carbonyl (C=O) groups is 1. The Bertz CT molecular complexity index is 653. The quantitative estimate of drug-likeness (QED) is 0.839. The van der Waals surface area contributed by atoms with Crippen LogP contribution in [-0.2, 0) is 0 Å². The number of nitrogens with zero attached hydrogens (tertiary/aromatic N) is 3. The maximum atomic E-state index is 12.4. The molecule has 1 aromatic carbocycles. The fourth-order valence-corrected chi connectivity index (χ4v) is 3.44. The third-order valence-electron chi connectivity index (χ3n) is 3.37. The Kier molecular flexibility index (Phi) is 4.33. The molecule has 0 aliphatic carbocycles. The molecule has 110 valence electrons. The van der Waals surface area contributed by atoms with Gasteiger partial charge < -0.3 is 9.80 Å². The molecule has 1 amide bonds. The van der Waals surface area contributed by atoms with E-state index in [1.807, 2.05) is 4.90 Å². The first-order valence-corrected chi connectivity index (χ1v) is 8.12. The first kappa shape index (κ1) is 14.6. The van der Waals surface area contributed by atoms with Gasteiger partial charge >= 0.3 is 0 Å². The summed E-state index contributed by atoms with van der Waals surface area (Å²) in [7, 11) is 0. The highest BCUT2D eigenvalue weighted by Gasteiger charge is 2.23. The van der Waals surface area contributed by atoms with Crippen LogP contribution in [0, 0.1) is 0 Å². The Morgan fingerprint density at radius 1 is 1.19 bits per heavy atom. The van der Waals surface area contributed by atoms with Gasteiger partial charge in [-0.3, -0.25) is 4.79 Å². The molecule has 1 aliphatic rings. The summed E-state index contributed by atoms with van der Waals surface area (Å²) in [6.07, 6.45) is 1.66. The molecule has 0 saturated carbocycles. The van der Waals surface area contributed by atoms with E-state index in [-0.39, 0.29) is 5.91 Å². The molecule has 0 spiro atoms. The van der Waals surface area contributed by atoms with Gasteiger partial charge in [0.1, 0.15) is 4.34 Å². The van der Waals surface area contributed by atoms with Gasteiger partial charge in [-0.05, 0) is 18.2 Å². The van der Waals surface area contributed by atoms with Crippen molar-refractivity contribution in [2.24, 2.45) is 0 Å². The number of halogens is 2. The number of anilines is 1. The van der Waals surface area contributed by atoms with Gasteiger partial charge in [-0.15, -0.1) is 0 Å². The Hall–Kier alpha value is -1.30. The van der Waals surface area contributed by atoms with Crippen molar-refractivity contribution in [3.8, 4) is 0 Å². The van der Waals surface area contributed by atoms with Gasteiger partial charge in [-0.25, -0.2) is 4.98 Å². The van der Waals surface area contributed by atoms with Crippen LogP contribution >= 0.6 is 34.5 Å². The van der Waals surface area contributed by atoms with Crippen molar-refractivity contribution in [3.63, 3.8) is 0 Å². The largest absolute Gasteiger partial charge is 0.345 e. The summed E-state index contributed by atoms with van der Waals surface area (Å²) >= 11 is 13.3. The van der Waals surface area contributed by atoms with Gasteiger partial charge in [-0.1, -0.05) is 40.6 Å². The molecule has 1 saturated heterocycles. The SMILES string of the molecule is O=C(c1cccc(Cl)c1)N1CCN(c2ncc(Cl)s2)CC1. The van der Waals surface area contributed by atoms with Gasteiger partial charge in [0.2, 0.25) is 0 Å². The summed E-state index contributed by atoms with van der Waals surface area (Å²) < 4.78 is 0.683. The lowest BCUT2D eigenvalue weighted by Crippen LogP contribution is -2.48. The van der Waals surface area contributed by atoms with Crippen LogP contribution in [0.2, 0.25) is 9.36 Å². The molecule has 1 fully saturated rings. The molecule has 3 rings (SSSR count). The molecule has 0 N–H and O–H groups in total. The minimum atomic E-state index is 0.0225. The standard InChI is InChI=1S/C14H13Cl2N3OS/c15-11-3-1-2-10(8-11)13(20)18-4-6-19(7-5-18)14-17-9-12(16)21-14/h1-3,8-9H,4-7H2. The minimum Gasteiger partial charge on any atom is -0.345 e. The van der Waals surface area contributed by atoms with E-state index in [9.17, 15) is 4.79 Å². The number of thiazole rings is 1. The van der Waals surface area contributed by atoms with Crippen molar-refractivity contribution in [1.82, 2.24) is 9.88 Å². The van der Waals surface area contributed by atoms with E-state index >= 15 is 0 Å². The van der Waals surface area contributed by atoms with Crippen molar-refractivity contribution < 1.29 is 4.79 Å². The van der Waals surface area contributed by atoms with Crippen molar-refractivity contribution in [1.29, 1.82) is 0 Å². The second-order valence-corrected chi connectivity index (χ2v) is 6.81. The zero-order chi connectivity index (χ0) is 14.8. The van der Waals surface area contributed by atoms with Crippen LogP contribution in [0.4, 0.5) is 5.13 Å².